The van der Waals surface area contributed by atoms with Crippen molar-refractivity contribution >= 4 is 17.7 Å². The molecule has 2 aromatic carbocycles. The van der Waals surface area contributed by atoms with Crippen LogP contribution in [0.5, 0.6) is 11.5 Å². The molecule has 0 aliphatic heterocycles. The molecule has 0 aliphatic carbocycles. The number of amides is 1. The van der Waals surface area contributed by atoms with Crippen LogP contribution in [-0.4, -0.2) is 32.2 Å². The first-order valence-electron chi connectivity index (χ1n) is 11.3. The second kappa shape index (κ2) is 13.3. The summed E-state index contributed by atoms with van der Waals surface area (Å²) in [7, 11) is 3.52. The first kappa shape index (κ1) is 26.0. The van der Waals surface area contributed by atoms with Crippen molar-refractivity contribution in [2.75, 3.05) is 26.0 Å². The predicted molar refractivity (Wildman–Crippen MR) is 135 cm³/mol. The summed E-state index contributed by atoms with van der Waals surface area (Å²) in [5.41, 5.74) is 7.22. The van der Waals surface area contributed by atoms with Crippen molar-refractivity contribution in [1.82, 2.24) is 5.32 Å². The summed E-state index contributed by atoms with van der Waals surface area (Å²) in [6.07, 6.45) is 6.47. The number of anilines is 1. The number of hydrogen-bond donors (Lipinski definition) is 3. The minimum atomic E-state index is -0.00120. The zero-order valence-corrected chi connectivity index (χ0v) is 20.3. The number of nitrogens with one attached hydrogen (secondary N) is 2. The highest BCUT2D eigenvalue weighted by molar-refractivity contribution is 5.86. The van der Waals surface area contributed by atoms with Crippen LogP contribution in [0.15, 0.2) is 48.1 Å². The van der Waals surface area contributed by atoms with Crippen molar-refractivity contribution in [3.8, 4) is 11.5 Å². The molecule has 0 aromatic heterocycles. The molecule has 2 aromatic rings. The highest BCUT2D eigenvalue weighted by Crippen LogP contribution is 2.39. The van der Waals surface area contributed by atoms with Gasteiger partial charge in [-0.2, -0.15) is 0 Å². The van der Waals surface area contributed by atoms with Gasteiger partial charge in [-0.15, -0.1) is 0 Å². The molecule has 0 spiro atoms. The molecule has 0 unspecified atom stereocenters. The number of aliphatic hydroxyl groups excluding tert-OH is 1. The van der Waals surface area contributed by atoms with Gasteiger partial charge in [0.2, 0.25) is 6.41 Å². The third-order valence-corrected chi connectivity index (χ3v) is 5.43. The fraction of sp³-hybridized carbons (Fsp3) is 0.370. The normalized spacial score (nSPS) is 11.8. The fourth-order valence-electron chi connectivity index (χ4n) is 3.89. The molecule has 33 heavy (non-hydrogen) atoms. The van der Waals surface area contributed by atoms with Crippen molar-refractivity contribution in [3.05, 3.63) is 70.3 Å². The Morgan fingerprint density at radius 2 is 1.88 bits per heavy atom. The van der Waals surface area contributed by atoms with Gasteiger partial charge in [0.25, 0.3) is 0 Å². The van der Waals surface area contributed by atoms with E-state index in [0.29, 0.717) is 24.7 Å². The maximum absolute atomic E-state index is 10.7. The van der Waals surface area contributed by atoms with Gasteiger partial charge >= 0.3 is 0 Å². The summed E-state index contributed by atoms with van der Waals surface area (Å²) in [5, 5.41) is 15.5. The van der Waals surface area contributed by atoms with Crippen LogP contribution in [0.4, 0.5) is 5.69 Å². The lowest BCUT2D eigenvalue weighted by Crippen LogP contribution is -2.13. The number of ether oxygens (including phenoxy) is 2. The van der Waals surface area contributed by atoms with Crippen LogP contribution in [0.3, 0.4) is 0 Å². The molecule has 0 radical (unpaired) electrons. The van der Waals surface area contributed by atoms with Crippen LogP contribution >= 0.6 is 0 Å². The van der Waals surface area contributed by atoms with Crippen LogP contribution < -0.4 is 20.1 Å². The van der Waals surface area contributed by atoms with Crippen LogP contribution in [0.1, 0.15) is 48.9 Å². The maximum Gasteiger partial charge on any atom is 0.207 e. The highest BCUT2D eigenvalue weighted by atomic mass is 16.5. The third kappa shape index (κ3) is 7.12. The Labute approximate surface area is 197 Å². The maximum atomic E-state index is 10.7. The third-order valence-electron chi connectivity index (χ3n) is 5.43. The number of carbonyl (C=O) groups is 1. The minimum absolute atomic E-state index is 0.00120. The standard InChI is InChI=1S/C27H36N2O4/c1-6-8-23(22(7-2)9-10-29-18-31)24-14-26(32-5)27(15-25(24)28-4)33-17-21-12-19(3)11-20(13-21)16-30/h6,8,11-15,18,28,30H,7,9-10,16-17H2,1-5H3,(H,29,31)/b8-6-,23-22-. The molecule has 0 bridgehead atoms. The Balaban J connectivity index is 2.45. The number of allylic oxidation sites excluding steroid dienone is 3. The van der Waals surface area contributed by atoms with E-state index in [2.05, 4.69) is 23.6 Å². The minimum Gasteiger partial charge on any atom is -0.493 e. The summed E-state index contributed by atoms with van der Waals surface area (Å²) in [6, 6.07) is 9.91. The smallest absolute Gasteiger partial charge is 0.207 e. The Hall–Kier alpha value is -3.25. The van der Waals surface area contributed by atoms with Crippen molar-refractivity contribution < 1.29 is 19.4 Å². The molecule has 178 valence electrons. The average Bonchev–Trinajstić information content (AvgIpc) is 2.83. The number of hydrogen-bond acceptors (Lipinski definition) is 5. The fourth-order valence-corrected chi connectivity index (χ4v) is 3.89. The number of aryl methyl sites for hydroxylation is 1. The highest BCUT2D eigenvalue weighted by Gasteiger charge is 2.16. The van der Waals surface area contributed by atoms with Crippen molar-refractivity contribution in [1.29, 1.82) is 0 Å². The first-order chi connectivity index (χ1) is 16.0. The second-order valence-electron chi connectivity index (χ2n) is 7.77. The molecule has 2 rings (SSSR count). The molecule has 3 N–H and O–H groups in total. The van der Waals surface area contributed by atoms with Crippen molar-refractivity contribution in [3.63, 3.8) is 0 Å². The number of rotatable bonds is 13. The van der Waals surface area contributed by atoms with E-state index >= 15 is 0 Å². The summed E-state index contributed by atoms with van der Waals surface area (Å²) in [6.45, 7) is 7.07. The van der Waals surface area contributed by atoms with Gasteiger partial charge in [-0.25, -0.2) is 0 Å². The molecule has 6 heteroatoms. The van der Waals surface area contributed by atoms with Crippen LogP contribution in [-0.2, 0) is 18.0 Å². The lowest BCUT2D eigenvalue weighted by Gasteiger charge is -2.19. The molecule has 1 amide bonds. The number of aliphatic hydroxyl groups is 1. The lowest BCUT2D eigenvalue weighted by molar-refractivity contribution is -0.109. The molecule has 0 heterocycles. The topological polar surface area (TPSA) is 79.8 Å². The molecule has 0 aliphatic rings. The summed E-state index contributed by atoms with van der Waals surface area (Å²) >= 11 is 0. The molecule has 0 atom stereocenters. The van der Waals surface area contributed by atoms with Gasteiger partial charge in [-0.1, -0.05) is 48.4 Å². The summed E-state index contributed by atoms with van der Waals surface area (Å²) < 4.78 is 11.8. The van der Waals surface area contributed by atoms with Crippen LogP contribution in [0, 0.1) is 6.92 Å². The van der Waals surface area contributed by atoms with E-state index in [4.69, 9.17) is 9.47 Å². The van der Waals surface area contributed by atoms with Crippen LogP contribution in [0.25, 0.3) is 5.57 Å². The van der Waals surface area contributed by atoms with E-state index in [-0.39, 0.29) is 6.61 Å². The van der Waals surface area contributed by atoms with Gasteiger partial charge in [-0.05, 0) is 49.5 Å². The Morgan fingerprint density at radius 3 is 2.48 bits per heavy atom. The zero-order chi connectivity index (χ0) is 24.2. The SMILES string of the molecule is C/C=C\C(=C(/CC)CCNC=O)c1cc(OC)c(OCc2cc(C)cc(CO)c2)cc1NC. The number of benzene rings is 2. The summed E-state index contributed by atoms with van der Waals surface area (Å²) in [5.74, 6) is 1.28. The van der Waals surface area contributed by atoms with Gasteiger partial charge < -0.3 is 25.2 Å². The molecule has 0 saturated heterocycles. The van der Waals surface area contributed by atoms with Crippen molar-refractivity contribution in [2.45, 2.75) is 46.8 Å². The first-order valence-corrected chi connectivity index (χ1v) is 11.3. The number of methoxy groups -OCH3 is 1. The largest absolute Gasteiger partial charge is 0.493 e. The Bertz CT molecular complexity index is 996. The van der Waals surface area contributed by atoms with Gasteiger partial charge in [0.05, 0.1) is 13.7 Å². The zero-order valence-electron chi connectivity index (χ0n) is 20.3. The van der Waals surface area contributed by atoms with E-state index in [1.165, 1.54) is 5.57 Å². The molecule has 0 fully saturated rings. The van der Waals surface area contributed by atoms with E-state index in [9.17, 15) is 9.90 Å². The van der Waals surface area contributed by atoms with Gasteiger partial charge in [0, 0.05) is 30.9 Å². The number of carbonyl (C=O) groups excluding carboxylic acids is 1. The quantitative estimate of drug-likeness (QED) is 0.227. The molecular weight excluding hydrogens is 416 g/mol. The summed E-state index contributed by atoms with van der Waals surface area (Å²) in [4.78, 5) is 10.7. The van der Waals surface area contributed by atoms with Crippen molar-refractivity contribution in [2.24, 2.45) is 0 Å². The molecule has 0 saturated carbocycles. The van der Waals surface area contributed by atoms with Crippen LogP contribution in [0.2, 0.25) is 0 Å². The monoisotopic (exact) mass is 452 g/mol. The second-order valence-corrected chi connectivity index (χ2v) is 7.77. The Kier molecular flexibility index (Phi) is 10.5. The molecule has 6 nitrogen and oxygen atoms in total. The predicted octanol–water partition coefficient (Wildman–Crippen LogP) is 4.99. The van der Waals surface area contributed by atoms with E-state index < -0.39 is 0 Å². The van der Waals surface area contributed by atoms with E-state index in [0.717, 1.165) is 52.8 Å². The van der Waals surface area contributed by atoms with Gasteiger partial charge in [0.1, 0.15) is 6.61 Å². The lowest BCUT2D eigenvalue weighted by atomic mass is 9.93. The van der Waals surface area contributed by atoms with Gasteiger partial charge in [-0.3, -0.25) is 4.79 Å². The van der Waals surface area contributed by atoms with Gasteiger partial charge in [0.15, 0.2) is 11.5 Å². The van der Waals surface area contributed by atoms with E-state index in [1.54, 1.807) is 7.11 Å². The molecular formula is C27H36N2O4. The average molecular weight is 453 g/mol. The van der Waals surface area contributed by atoms with E-state index in [1.807, 2.05) is 57.3 Å². The Morgan fingerprint density at radius 1 is 1.12 bits per heavy atom.